The zero-order valence-corrected chi connectivity index (χ0v) is 15.1. The molecule has 1 unspecified atom stereocenters. The monoisotopic (exact) mass is 361 g/mol. The Morgan fingerprint density at radius 2 is 2.31 bits per heavy atom. The minimum atomic E-state index is -0.349. The highest BCUT2D eigenvalue weighted by Crippen LogP contribution is 2.22. The first kappa shape index (κ1) is 18.4. The molecule has 0 saturated carbocycles. The van der Waals surface area contributed by atoms with Gasteiger partial charge in [0.05, 0.1) is 7.11 Å². The third kappa shape index (κ3) is 4.60. The van der Waals surface area contributed by atoms with Crippen LogP contribution in [-0.2, 0) is 6.54 Å². The molecule has 0 aliphatic carbocycles. The fourth-order valence-corrected chi connectivity index (χ4v) is 3.32. The van der Waals surface area contributed by atoms with E-state index in [1.807, 2.05) is 0 Å². The fourth-order valence-electron chi connectivity index (χ4n) is 3.32. The quantitative estimate of drug-likeness (QED) is 0.857. The van der Waals surface area contributed by atoms with E-state index in [0.717, 1.165) is 38.0 Å². The minimum absolute atomic E-state index is 0.206. The third-order valence-electron chi connectivity index (χ3n) is 4.64. The molecule has 1 aliphatic rings. The van der Waals surface area contributed by atoms with Crippen molar-refractivity contribution in [2.75, 3.05) is 26.7 Å². The van der Waals surface area contributed by atoms with Crippen LogP contribution in [0.3, 0.4) is 0 Å². The molecule has 0 bridgehead atoms. The summed E-state index contributed by atoms with van der Waals surface area (Å²) in [4.78, 5) is 14.4. The Kier molecular flexibility index (Phi) is 5.88. The van der Waals surface area contributed by atoms with Crippen molar-refractivity contribution in [3.63, 3.8) is 0 Å². The lowest BCUT2D eigenvalue weighted by atomic mass is 9.97. The van der Waals surface area contributed by atoms with E-state index in [2.05, 4.69) is 15.4 Å². The van der Waals surface area contributed by atoms with Crippen LogP contribution in [0.4, 0.5) is 4.39 Å². The van der Waals surface area contributed by atoms with Gasteiger partial charge in [0.15, 0.2) is 17.3 Å². The van der Waals surface area contributed by atoms with Gasteiger partial charge in [-0.25, -0.2) is 4.39 Å². The van der Waals surface area contributed by atoms with Gasteiger partial charge in [-0.05, 0) is 49.9 Å². The maximum Gasteiger partial charge on any atom is 0.273 e. The molecule has 140 valence electrons. The van der Waals surface area contributed by atoms with Gasteiger partial charge in [0.2, 0.25) is 0 Å². The Balaban J connectivity index is 1.51. The summed E-state index contributed by atoms with van der Waals surface area (Å²) in [5, 5.41) is 6.67. The number of amides is 1. The van der Waals surface area contributed by atoms with E-state index in [9.17, 15) is 9.18 Å². The number of aryl methyl sites for hydroxylation is 1. The van der Waals surface area contributed by atoms with Crippen LogP contribution in [0.5, 0.6) is 5.75 Å². The molecule has 0 spiro atoms. The van der Waals surface area contributed by atoms with Crippen LogP contribution in [0.1, 0.15) is 34.7 Å². The van der Waals surface area contributed by atoms with Crippen LogP contribution >= 0.6 is 0 Å². The number of methoxy groups -OCH3 is 1. The third-order valence-corrected chi connectivity index (χ3v) is 4.64. The molecule has 1 saturated heterocycles. The Labute approximate surface area is 152 Å². The van der Waals surface area contributed by atoms with Crippen LogP contribution in [-0.4, -0.2) is 42.7 Å². The van der Waals surface area contributed by atoms with Crippen molar-refractivity contribution in [2.45, 2.75) is 26.3 Å². The molecule has 0 radical (unpaired) electrons. The van der Waals surface area contributed by atoms with Crippen molar-refractivity contribution in [1.82, 2.24) is 15.4 Å². The van der Waals surface area contributed by atoms with Gasteiger partial charge < -0.3 is 14.6 Å². The Morgan fingerprint density at radius 3 is 3.04 bits per heavy atom. The number of ether oxygens (including phenoxy) is 1. The number of nitrogens with one attached hydrogen (secondary N) is 1. The molecule has 7 heteroatoms. The molecule has 1 atom stereocenters. The molecule has 1 aromatic heterocycles. The fraction of sp³-hybridized carbons (Fsp3) is 0.474. The summed E-state index contributed by atoms with van der Waals surface area (Å²) in [5.41, 5.74) is 1.33. The summed E-state index contributed by atoms with van der Waals surface area (Å²) in [7, 11) is 1.47. The molecule has 26 heavy (non-hydrogen) atoms. The average Bonchev–Trinajstić information content (AvgIpc) is 3.08. The van der Waals surface area contributed by atoms with Crippen molar-refractivity contribution in [1.29, 1.82) is 0 Å². The molecule has 6 nitrogen and oxygen atoms in total. The molecule has 1 aromatic carbocycles. The number of hydrogen-bond donors (Lipinski definition) is 1. The predicted molar refractivity (Wildman–Crippen MR) is 94.5 cm³/mol. The molecular formula is C19H24FN3O3. The molecular weight excluding hydrogens is 337 g/mol. The normalized spacial score (nSPS) is 17.9. The Bertz CT molecular complexity index is 762. The number of hydrogen-bond acceptors (Lipinski definition) is 5. The highest BCUT2D eigenvalue weighted by atomic mass is 19.1. The number of aromatic nitrogens is 1. The minimum Gasteiger partial charge on any atom is -0.494 e. The SMILES string of the molecule is COc1cc(CN2CCCC(CNC(=O)c3cc(C)on3)C2)ccc1F. The molecule has 2 aromatic rings. The van der Waals surface area contributed by atoms with Gasteiger partial charge in [-0.15, -0.1) is 0 Å². The maximum atomic E-state index is 13.5. The number of halogens is 1. The Hall–Kier alpha value is -2.41. The molecule has 1 amide bonds. The lowest BCUT2D eigenvalue weighted by Gasteiger charge is -2.32. The summed E-state index contributed by atoms with van der Waals surface area (Å²) < 4.78 is 23.5. The van der Waals surface area contributed by atoms with Gasteiger partial charge >= 0.3 is 0 Å². The second-order valence-electron chi connectivity index (χ2n) is 6.75. The molecule has 1 N–H and O–H groups in total. The van der Waals surface area contributed by atoms with Crippen LogP contribution in [0.15, 0.2) is 28.8 Å². The van der Waals surface area contributed by atoms with Gasteiger partial charge in [0.1, 0.15) is 5.76 Å². The van der Waals surface area contributed by atoms with Crippen LogP contribution < -0.4 is 10.1 Å². The van der Waals surface area contributed by atoms with E-state index < -0.39 is 0 Å². The van der Waals surface area contributed by atoms with E-state index >= 15 is 0 Å². The number of nitrogens with zero attached hydrogens (tertiary/aromatic N) is 2. The van der Waals surface area contributed by atoms with E-state index in [4.69, 9.17) is 9.26 Å². The number of likely N-dealkylation sites (tertiary alicyclic amines) is 1. The van der Waals surface area contributed by atoms with Crippen LogP contribution in [0, 0.1) is 18.7 Å². The lowest BCUT2D eigenvalue weighted by molar-refractivity contribution is 0.0921. The molecule has 1 aliphatic heterocycles. The highest BCUT2D eigenvalue weighted by molar-refractivity contribution is 5.92. The first-order valence-corrected chi connectivity index (χ1v) is 8.81. The van der Waals surface area contributed by atoms with Crippen molar-refractivity contribution in [3.8, 4) is 5.75 Å². The first-order chi connectivity index (χ1) is 12.5. The summed E-state index contributed by atoms with van der Waals surface area (Å²) in [6.45, 7) is 4.98. The lowest BCUT2D eigenvalue weighted by Crippen LogP contribution is -2.40. The first-order valence-electron chi connectivity index (χ1n) is 8.81. The topological polar surface area (TPSA) is 67.6 Å². The number of carbonyl (C=O) groups excluding carboxylic acids is 1. The predicted octanol–water partition coefficient (Wildman–Crippen LogP) is 2.77. The van der Waals surface area contributed by atoms with Gasteiger partial charge in [0.25, 0.3) is 5.91 Å². The summed E-state index contributed by atoms with van der Waals surface area (Å²) in [6, 6.07) is 6.60. The van der Waals surface area contributed by atoms with E-state index in [0.29, 0.717) is 23.9 Å². The zero-order chi connectivity index (χ0) is 18.5. The van der Waals surface area contributed by atoms with Gasteiger partial charge in [-0.3, -0.25) is 9.69 Å². The summed E-state index contributed by atoms with van der Waals surface area (Å²) >= 11 is 0. The van der Waals surface area contributed by atoms with Crippen molar-refractivity contribution in [3.05, 3.63) is 47.1 Å². The van der Waals surface area contributed by atoms with E-state index in [1.165, 1.54) is 13.2 Å². The van der Waals surface area contributed by atoms with Gasteiger partial charge in [0, 0.05) is 25.7 Å². The maximum absolute atomic E-state index is 13.5. The smallest absolute Gasteiger partial charge is 0.273 e. The molecule has 1 fully saturated rings. The number of piperidine rings is 1. The second-order valence-corrected chi connectivity index (χ2v) is 6.75. The summed E-state index contributed by atoms with van der Waals surface area (Å²) in [6.07, 6.45) is 2.14. The standard InChI is InChI=1S/C19H24FN3O3/c1-13-8-17(22-26-13)19(24)21-10-15-4-3-7-23(12-15)11-14-5-6-16(20)18(9-14)25-2/h5-6,8-9,15H,3-4,7,10-12H2,1-2H3,(H,21,24). The van der Waals surface area contributed by atoms with Gasteiger partial charge in [-0.2, -0.15) is 0 Å². The number of benzene rings is 1. The highest BCUT2D eigenvalue weighted by Gasteiger charge is 2.21. The molecule has 2 heterocycles. The number of rotatable bonds is 6. The molecule has 3 rings (SSSR count). The van der Waals surface area contributed by atoms with E-state index in [-0.39, 0.29) is 17.5 Å². The van der Waals surface area contributed by atoms with Crippen LogP contribution in [0.2, 0.25) is 0 Å². The largest absolute Gasteiger partial charge is 0.494 e. The van der Waals surface area contributed by atoms with E-state index in [1.54, 1.807) is 25.1 Å². The van der Waals surface area contributed by atoms with Crippen molar-refractivity contribution in [2.24, 2.45) is 5.92 Å². The van der Waals surface area contributed by atoms with Crippen LogP contribution in [0.25, 0.3) is 0 Å². The van der Waals surface area contributed by atoms with Crippen molar-refractivity contribution >= 4 is 5.91 Å². The number of carbonyl (C=O) groups is 1. The summed E-state index contributed by atoms with van der Waals surface area (Å²) in [5.74, 6) is 0.712. The average molecular weight is 361 g/mol. The Morgan fingerprint density at radius 1 is 1.46 bits per heavy atom. The van der Waals surface area contributed by atoms with Crippen molar-refractivity contribution < 1.29 is 18.4 Å². The second kappa shape index (κ2) is 8.31. The zero-order valence-electron chi connectivity index (χ0n) is 15.1. The van der Waals surface area contributed by atoms with Gasteiger partial charge in [-0.1, -0.05) is 11.2 Å².